The molecule has 1 aromatic carbocycles. The summed E-state index contributed by atoms with van der Waals surface area (Å²) < 4.78 is 5.17. The van der Waals surface area contributed by atoms with Crippen LogP contribution in [0.4, 0.5) is 0 Å². The van der Waals surface area contributed by atoms with E-state index in [1.807, 2.05) is 45.0 Å². The molecule has 1 aromatic heterocycles. The van der Waals surface area contributed by atoms with Crippen molar-refractivity contribution in [3.63, 3.8) is 0 Å². The van der Waals surface area contributed by atoms with Crippen LogP contribution in [0.1, 0.15) is 31.9 Å². The van der Waals surface area contributed by atoms with Crippen LogP contribution in [0.25, 0.3) is 0 Å². The molecular formula is C16H20N2O2. The van der Waals surface area contributed by atoms with E-state index in [1.54, 1.807) is 19.5 Å². The molecule has 1 unspecified atom stereocenters. The Morgan fingerprint density at radius 2 is 1.50 bits per heavy atom. The number of hydrogen-bond donors (Lipinski definition) is 1. The molecule has 0 saturated heterocycles. The van der Waals surface area contributed by atoms with Crippen LogP contribution in [0.5, 0.6) is 5.75 Å². The zero-order valence-electron chi connectivity index (χ0n) is 12.3. The fourth-order valence-electron chi connectivity index (χ4n) is 2.35. The first-order chi connectivity index (χ1) is 9.39. The summed E-state index contributed by atoms with van der Waals surface area (Å²) in [5.74, 6) is 0.759. The van der Waals surface area contributed by atoms with Crippen LogP contribution in [0, 0.1) is 5.41 Å². The first-order valence-electron chi connectivity index (χ1n) is 6.52. The molecule has 2 rings (SSSR count). The second-order valence-electron chi connectivity index (χ2n) is 5.82. The normalized spacial score (nSPS) is 14.7. The maximum atomic E-state index is 11.3. The highest BCUT2D eigenvalue weighted by atomic mass is 16.5. The molecule has 0 aliphatic rings. The monoisotopic (exact) mass is 272 g/mol. The fraction of sp³-hybridized carbons (Fsp3) is 0.375. The van der Waals surface area contributed by atoms with Crippen molar-refractivity contribution in [3.05, 3.63) is 54.1 Å². The molecule has 1 atom stereocenters. The predicted molar refractivity (Wildman–Crippen MR) is 77.5 cm³/mol. The van der Waals surface area contributed by atoms with E-state index < -0.39 is 11.0 Å². The molecule has 0 radical (unpaired) electrons. The molecule has 4 nitrogen and oxygen atoms in total. The lowest BCUT2D eigenvalue weighted by Crippen LogP contribution is -2.41. The first-order valence-corrected chi connectivity index (χ1v) is 6.52. The number of methoxy groups -OCH3 is 1. The molecule has 0 spiro atoms. The molecule has 0 aliphatic carbocycles. The summed E-state index contributed by atoms with van der Waals surface area (Å²) in [7, 11) is 1.62. The maximum Gasteiger partial charge on any atom is 0.122 e. The third kappa shape index (κ3) is 2.39. The summed E-state index contributed by atoms with van der Waals surface area (Å²) in [5.41, 5.74) is -0.106. The predicted octanol–water partition coefficient (Wildman–Crippen LogP) is 2.77. The van der Waals surface area contributed by atoms with Crippen LogP contribution in [-0.4, -0.2) is 22.2 Å². The smallest absolute Gasteiger partial charge is 0.122 e. The van der Waals surface area contributed by atoms with E-state index in [4.69, 9.17) is 4.74 Å². The number of rotatable bonds is 3. The van der Waals surface area contributed by atoms with Gasteiger partial charge in [0.2, 0.25) is 0 Å². The van der Waals surface area contributed by atoms with Gasteiger partial charge in [-0.05, 0) is 23.1 Å². The van der Waals surface area contributed by atoms with E-state index in [0.29, 0.717) is 5.56 Å². The van der Waals surface area contributed by atoms with Crippen LogP contribution in [0.3, 0.4) is 0 Å². The van der Waals surface area contributed by atoms with Crippen molar-refractivity contribution in [2.45, 2.75) is 26.4 Å². The number of aromatic nitrogens is 2. The highest BCUT2D eigenvalue weighted by Crippen LogP contribution is 2.44. The van der Waals surface area contributed by atoms with Gasteiger partial charge in [-0.1, -0.05) is 32.9 Å². The van der Waals surface area contributed by atoms with Gasteiger partial charge in [-0.25, -0.2) is 9.97 Å². The molecule has 0 saturated carbocycles. The van der Waals surface area contributed by atoms with Crippen LogP contribution >= 0.6 is 0 Å². The van der Waals surface area contributed by atoms with Gasteiger partial charge in [-0.3, -0.25) is 0 Å². The molecule has 20 heavy (non-hydrogen) atoms. The topological polar surface area (TPSA) is 55.2 Å². The van der Waals surface area contributed by atoms with Gasteiger partial charge in [0.05, 0.1) is 7.11 Å². The minimum absolute atomic E-state index is 0.410. The largest absolute Gasteiger partial charge is 0.497 e. The van der Waals surface area contributed by atoms with Crippen molar-refractivity contribution in [2.75, 3.05) is 7.11 Å². The van der Waals surface area contributed by atoms with Gasteiger partial charge in [-0.15, -0.1) is 0 Å². The number of nitrogens with zero attached hydrogens (tertiary/aromatic N) is 2. The number of benzene rings is 1. The molecule has 106 valence electrons. The quantitative estimate of drug-likeness (QED) is 0.933. The van der Waals surface area contributed by atoms with E-state index in [9.17, 15) is 5.11 Å². The van der Waals surface area contributed by atoms with Gasteiger partial charge in [0.15, 0.2) is 0 Å². The minimum atomic E-state index is -1.17. The van der Waals surface area contributed by atoms with E-state index in [0.717, 1.165) is 11.3 Å². The minimum Gasteiger partial charge on any atom is -0.497 e. The lowest BCUT2D eigenvalue weighted by atomic mass is 9.69. The molecule has 0 aliphatic heterocycles. The summed E-state index contributed by atoms with van der Waals surface area (Å²) >= 11 is 0. The summed E-state index contributed by atoms with van der Waals surface area (Å²) in [4.78, 5) is 8.06. The highest BCUT2D eigenvalue weighted by Gasteiger charge is 2.43. The van der Waals surface area contributed by atoms with Gasteiger partial charge in [-0.2, -0.15) is 0 Å². The Labute approximate surface area is 119 Å². The second kappa shape index (κ2) is 5.21. The Morgan fingerprint density at radius 3 is 1.95 bits per heavy atom. The Kier molecular flexibility index (Phi) is 3.77. The van der Waals surface area contributed by atoms with Gasteiger partial charge in [0.25, 0.3) is 0 Å². The average molecular weight is 272 g/mol. The average Bonchev–Trinajstić information content (AvgIpc) is 2.46. The van der Waals surface area contributed by atoms with Crippen molar-refractivity contribution >= 4 is 0 Å². The molecular weight excluding hydrogens is 252 g/mol. The fourth-order valence-corrected chi connectivity index (χ4v) is 2.35. The van der Waals surface area contributed by atoms with Crippen molar-refractivity contribution in [3.8, 4) is 5.75 Å². The third-order valence-corrected chi connectivity index (χ3v) is 3.57. The summed E-state index contributed by atoms with van der Waals surface area (Å²) in [5, 5.41) is 11.3. The van der Waals surface area contributed by atoms with Gasteiger partial charge in [0, 0.05) is 18.0 Å². The van der Waals surface area contributed by atoms with E-state index in [1.165, 1.54) is 6.33 Å². The van der Waals surface area contributed by atoms with Crippen LogP contribution in [0.2, 0.25) is 0 Å². The molecule has 4 heteroatoms. The Balaban J connectivity index is 2.58. The lowest BCUT2D eigenvalue weighted by molar-refractivity contribution is -0.0265. The molecule has 1 N–H and O–H groups in total. The molecule has 0 amide bonds. The van der Waals surface area contributed by atoms with E-state index in [-0.39, 0.29) is 0 Å². The standard InChI is InChI=1S/C16H20N2O2/c1-15(2,3)16(19,13-9-17-11-18-10-13)12-5-7-14(20-4)8-6-12/h5-11,19H,1-4H3. The van der Waals surface area contributed by atoms with Crippen molar-refractivity contribution in [1.29, 1.82) is 0 Å². The van der Waals surface area contributed by atoms with Gasteiger partial charge >= 0.3 is 0 Å². The number of hydrogen-bond acceptors (Lipinski definition) is 4. The van der Waals surface area contributed by atoms with E-state index >= 15 is 0 Å². The number of aliphatic hydroxyl groups is 1. The van der Waals surface area contributed by atoms with E-state index in [2.05, 4.69) is 9.97 Å². The lowest BCUT2D eigenvalue weighted by Gasteiger charge is -2.40. The third-order valence-electron chi connectivity index (χ3n) is 3.57. The molecule has 0 bridgehead atoms. The highest BCUT2D eigenvalue weighted by molar-refractivity contribution is 5.39. The number of ether oxygens (including phenoxy) is 1. The van der Waals surface area contributed by atoms with Crippen molar-refractivity contribution in [2.24, 2.45) is 5.41 Å². The van der Waals surface area contributed by atoms with Crippen LogP contribution < -0.4 is 4.74 Å². The zero-order chi connectivity index (χ0) is 14.8. The maximum absolute atomic E-state index is 11.3. The van der Waals surface area contributed by atoms with Crippen LogP contribution in [0.15, 0.2) is 43.0 Å². The van der Waals surface area contributed by atoms with Gasteiger partial charge < -0.3 is 9.84 Å². The molecule has 2 aromatic rings. The first kappa shape index (κ1) is 14.5. The molecule has 1 heterocycles. The van der Waals surface area contributed by atoms with Crippen LogP contribution in [-0.2, 0) is 5.60 Å². The summed E-state index contributed by atoms with van der Waals surface area (Å²) in [6.45, 7) is 5.97. The SMILES string of the molecule is COc1ccc(C(O)(c2cncnc2)C(C)(C)C)cc1. The van der Waals surface area contributed by atoms with Gasteiger partial charge in [0.1, 0.15) is 17.7 Å². The second-order valence-corrected chi connectivity index (χ2v) is 5.82. The Hall–Kier alpha value is -1.94. The van der Waals surface area contributed by atoms with Crippen molar-refractivity contribution in [1.82, 2.24) is 9.97 Å². The zero-order valence-corrected chi connectivity index (χ0v) is 12.3. The Bertz CT molecular complexity index is 561. The summed E-state index contributed by atoms with van der Waals surface area (Å²) in [6, 6.07) is 7.43. The summed E-state index contributed by atoms with van der Waals surface area (Å²) in [6.07, 6.45) is 4.77. The molecule has 0 fully saturated rings. The van der Waals surface area contributed by atoms with Crippen molar-refractivity contribution < 1.29 is 9.84 Å². The Morgan fingerprint density at radius 1 is 0.950 bits per heavy atom.